The van der Waals surface area contributed by atoms with Crippen LogP contribution in [0.4, 0.5) is 5.69 Å². The number of benzene rings is 1. The van der Waals surface area contributed by atoms with E-state index < -0.39 is 41.0 Å². The summed E-state index contributed by atoms with van der Waals surface area (Å²) in [5.74, 6) is -2.48. The first kappa shape index (κ1) is 24.9. The fraction of sp³-hybridized carbons (Fsp3) is 0.640. The molecule has 3 N–H and O–H groups in total. The minimum Gasteiger partial charge on any atom is -0.394 e. The van der Waals surface area contributed by atoms with Crippen LogP contribution in [0.2, 0.25) is 5.02 Å². The van der Waals surface area contributed by atoms with Gasteiger partial charge in [0, 0.05) is 17.3 Å². The molecule has 186 valence electrons. The van der Waals surface area contributed by atoms with Gasteiger partial charge in [-0.05, 0) is 56.4 Å². The second-order valence-corrected chi connectivity index (χ2v) is 10.7. The van der Waals surface area contributed by atoms with Gasteiger partial charge in [-0.2, -0.15) is 0 Å². The lowest BCUT2D eigenvalue weighted by Crippen LogP contribution is -2.57. The van der Waals surface area contributed by atoms with E-state index in [1.807, 2.05) is 27.7 Å². The van der Waals surface area contributed by atoms with Crippen LogP contribution in [0.15, 0.2) is 24.3 Å². The molecule has 3 aliphatic rings. The Morgan fingerprint density at radius 3 is 2.50 bits per heavy atom. The monoisotopic (exact) mass is 491 g/mol. The highest BCUT2D eigenvalue weighted by Crippen LogP contribution is 2.63. The quantitative estimate of drug-likeness (QED) is 0.518. The number of nitrogens with zero attached hydrogens (tertiary/aromatic N) is 1. The summed E-state index contributed by atoms with van der Waals surface area (Å²) in [4.78, 5) is 42.5. The van der Waals surface area contributed by atoms with Crippen LogP contribution in [0.3, 0.4) is 0 Å². The van der Waals surface area contributed by atoms with E-state index in [0.717, 1.165) is 6.42 Å². The maximum Gasteiger partial charge on any atom is 0.250 e. The molecule has 3 heterocycles. The van der Waals surface area contributed by atoms with Gasteiger partial charge >= 0.3 is 0 Å². The topological polar surface area (TPSA) is 108 Å². The molecule has 0 aliphatic carbocycles. The van der Waals surface area contributed by atoms with Gasteiger partial charge in [-0.15, -0.1) is 0 Å². The largest absolute Gasteiger partial charge is 0.394 e. The number of likely N-dealkylation sites (tertiary alicyclic amines) is 1. The lowest BCUT2D eigenvalue weighted by molar-refractivity contribution is -0.149. The van der Waals surface area contributed by atoms with Gasteiger partial charge in [0.15, 0.2) is 0 Å². The second kappa shape index (κ2) is 9.13. The third-order valence-corrected chi connectivity index (χ3v) is 7.97. The van der Waals surface area contributed by atoms with Crippen LogP contribution in [-0.2, 0) is 19.1 Å². The highest BCUT2D eigenvalue weighted by molar-refractivity contribution is 6.30. The molecular weight excluding hydrogens is 458 g/mol. The fourth-order valence-corrected chi connectivity index (χ4v) is 6.27. The Balaban J connectivity index is 1.76. The van der Waals surface area contributed by atoms with Crippen LogP contribution >= 0.6 is 11.6 Å². The zero-order valence-corrected chi connectivity index (χ0v) is 20.9. The summed E-state index contributed by atoms with van der Waals surface area (Å²) in [6, 6.07) is 5.19. The lowest BCUT2D eigenvalue weighted by Gasteiger charge is -2.38. The molecule has 8 nitrogen and oxygen atoms in total. The number of rotatable bonds is 8. The minimum absolute atomic E-state index is 0.102. The van der Waals surface area contributed by atoms with E-state index in [0.29, 0.717) is 30.1 Å². The summed E-state index contributed by atoms with van der Waals surface area (Å²) in [5.41, 5.74) is -1.41. The molecule has 6 atom stereocenters. The standard InChI is InChI=1S/C25H34ClN3O5/c1-5-12-27-21(31)18-19-23(33)29(17(13-30)14(2)3)20(25(19)11-10-24(18,4)34-25)22(32)28-16-8-6-15(26)7-9-16/h6-9,14,17-20,30H,5,10-13H2,1-4H3,(H,27,31)(H,28,32)/t17-,18+,19-,20?,24-,25?/m0/s1. The summed E-state index contributed by atoms with van der Waals surface area (Å²) >= 11 is 5.98. The molecule has 4 rings (SSSR count). The number of hydrogen-bond acceptors (Lipinski definition) is 5. The summed E-state index contributed by atoms with van der Waals surface area (Å²) in [6.45, 7) is 7.86. The Labute approximate surface area is 205 Å². The van der Waals surface area contributed by atoms with Crippen molar-refractivity contribution in [3.05, 3.63) is 29.3 Å². The molecule has 1 aromatic carbocycles. The molecule has 1 aromatic rings. The third kappa shape index (κ3) is 3.80. The number of aliphatic hydroxyl groups excluding tert-OH is 1. The van der Waals surface area contributed by atoms with Gasteiger partial charge < -0.3 is 25.4 Å². The van der Waals surface area contributed by atoms with Gasteiger partial charge in [-0.1, -0.05) is 32.4 Å². The Morgan fingerprint density at radius 1 is 1.24 bits per heavy atom. The van der Waals surface area contributed by atoms with Crippen LogP contribution in [0.25, 0.3) is 0 Å². The number of anilines is 1. The van der Waals surface area contributed by atoms with E-state index in [9.17, 15) is 19.5 Å². The highest BCUT2D eigenvalue weighted by Gasteiger charge is 2.78. The number of carbonyl (C=O) groups is 3. The zero-order chi connectivity index (χ0) is 24.8. The first-order chi connectivity index (χ1) is 16.1. The summed E-state index contributed by atoms with van der Waals surface area (Å²) in [5, 5.41) is 16.6. The lowest BCUT2D eigenvalue weighted by atomic mass is 9.66. The number of ether oxygens (including phenoxy) is 1. The number of carbonyl (C=O) groups excluding carboxylic acids is 3. The van der Waals surface area contributed by atoms with Gasteiger partial charge in [0.05, 0.1) is 30.1 Å². The highest BCUT2D eigenvalue weighted by atomic mass is 35.5. The van der Waals surface area contributed by atoms with Crippen molar-refractivity contribution in [3.63, 3.8) is 0 Å². The molecule has 9 heteroatoms. The number of hydrogen-bond donors (Lipinski definition) is 3. The number of nitrogens with one attached hydrogen (secondary N) is 2. The smallest absolute Gasteiger partial charge is 0.250 e. The van der Waals surface area contributed by atoms with Crippen molar-refractivity contribution in [1.29, 1.82) is 0 Å². The van der Waals surface area contributed by atoms with Crippen molar-refractivity contribution >= 4 is 35.0 Å². The van der Waals surface area contributed by atoms with Crippen molar-refractivity contribution in [2.24, 2.45) is 17.8 Å². The first-order valence-corrected chi connectivity index (χ1v) is 12.4. The first-order valence-electron chi connectivity index (χ1n) is 12.1. The zero-order valence-electron chi connectivity index (χ0n) is 20.1. The van der Waals surface area contributed by atoms with Crippen LogP contribution in [-0.4, -0.2) is 64.2 Å². The predicted octanol–water partition coefficient (Wildman–Crippen LogP) is 2.59. The molecule has 34 heavy (non-hydrogen) atoms. The molecule has 2 unspecified atom stereocenters. The Morgan fingerprint density at radius 2 is 1.91 bits per heavy atom. The number of aliphatic hydroxyl groups is 1. The molecule has 3 saturated heterocycles. The third-order valence-electron chi connectivity index (χ3n) is 7.72. The molecule has 3 aliphatic heterocycles. The molecule has 1 spiro atoms. The maximum absolute atomic E-state index is 14.0. The summed E-state index contributed by atoms with van der Waals surface area (Å²) in [6.07, 6.45) is 1.84. The SMILES string of the molecule is CCCNC(=O)[C@H]1[C@H]2C(=O)N([C@@H](CO)C(C)C)C(C(=O)Nc3ccc(Cl)cc3)C23CC[C@]1(C)O3. The van der Waals surface area contributed by atoms with Crippen molar-refractivity contribution in [1.82, 2.24) is 10.2 Å². The van der Waals surface area contributed by atoms with Crippen molar-refractivity contribution in [2.75, 3.05) is 18.5 Å². The number of amides is 3. The summed E-state index contributed by atoms with van der Waals surface area (Å²) in [7, 11) is 0. The molecule has 0 aromatic heterocycles. The van der Waals surface area contributed by atoms with Crippen molar-refractivity contribution in [2.45, 2.75) is 70.2 Å². The van der Waals surface area contributed by atoms with Gasteiger partial charge in [-0.25, -0.2) is 0 Å². The van der Waals surface area contributed by atoms with Crippen LogP contribution in [0.1, 0.15) is 47.0 Å². The van der Waals surface area contributed by atoms with E-state index in [-0.39, 0.29) is 24.3 Å². The van der Waals surface area contributed by atoms with Gasteiger partial charge in [0.1, 0.15) is 11.6 Å². The van der Waals surface area contributed by atoms with Crippen LogP contribution in [0, 0.1) is 17.8 Å². The van der Waals surface area contributed by atoms with Crippen molar-refractivity contribution < 1.29 is 24.2 Å². The molecule has 3 fully saturated rings. The predicted molar refractivity (Wildman–Crippen MR) is 128 cm³/mol. The molecule has 0 radical (unpaired) electrons. The van der Waals surface area contributed by atoms with E-state index in [4.69, 9.17) is 16.3 Å². The van der Waals surface area contributed by atoms with Gasteiger partial charge in [0.2, 0.25) is 17.7 Å². The Kier molecular flexibility index (Phi) is 6.70. The van der Waals surface area contributed by atoms with Crippen LogP contribution < -0.4 is 10.6 Å². The van der Waals surface area contributed by atoms with Crippen LogP contribution in [0.5, 0.6) is 0 Å². The average molecular weight is 492 g/mol. The normalized spacial score (nSPS) is 32.7. The molecule has 0 saturated carbocycles. The minimum atomic E-state index is -1.13. The maximum atomic E-state index is 14.0. The molecular formula is C25H34ClN3O5. The second-order valence-electron chi connectivity index (χ2n) is 10.3. The fourth-order valence-electron chi connectivity index (χ4n) is 6.14. The van der Waals surface area contributed by atoms with Gasteiger partial charge in [0.25, 0.3) is 0 Å². The van der Waals surface area contributed by atoms with E-state index in [2.05, 4.69) is 10.6 Å². The van der Waals surface area contributed by atoms with Gasteiger partial charge in [-0.3, -0.25) is 14.4 Å². The summed E-state index contributed by atoms with van der Waals surface area (Å²) < 4.78 is 6.56. The van der Waals surface area contributed by atoms with E-state index in [1.165, 1.54) is 4.90 Å². The van der Waals surface area contributed by atoms with E-state index in [1.54, 1.807) is 24.3 Å². The Bertz CT molecular complexity index is 970. The van der Waals surface area contributed by atoms with E-state index >= 15 is 0 Å². The average Bonchev–Trinajstić information content (AvgIpc) is 3.35. The Hall–Kier alpha value is -2.16. The molecule has 3 amide bonds. The van der Waals surface area contributed by atoms with Crippen molar-refractivity contribution in [3.8, 4) is 0 Å². The number of fused-ring (bicyclic) bond motifs is 1. The molecule has 2 bridgehead atoms. The number of halogens is 1.